The third-order valence-electron chi connectivity index (χ3n) is 6.36. The number of hydrogen-bond donors (Lipinski definition) is 2. The number of hydrogen-bond acceptors (Lipinski definition) is 3. The largest absolute Gasteiger partial charge is 0.352 e. The van der Waals surface area contributed by atoms with Crippen LogP contribution in [0.5, 0.6) is 0 Å². The normalized spacial score (nSPS) is 18.2. The molecule has 0 aromatic heterocycles. The summed E-state index contributed by atoms with van der Waals surface area (Å²) < 4.78 is 0. The lowest BCUT2D eigenvalue weighted by atomic mass is 9.90. The Bertz CT molecular complexity index is 662. The molecular weight excluding hydrogens is 376 g/mol. The summed E-state index contributed by atoms with van der Waals surface area (Å²) in [4.78, 5) is 28.7. The zero-order chi connectivity index (χ0) is 21.2. The standard InChI is InChI=1S/C24H38N4O2/c1-2-25-24(30)28-17-11-21(12-18-28)19-20-7-9-22(10-8-20)23(29)26-13-6-16-27-14-4-3-5-15-27/h7-10,21H,2-6,11-19H2,1H3,(H,25,30)(H,26,29). The number of nitrogens with zero attached hydrogens (tertiary/aromatic N) is 2. The van der Waals surface area contributed by atoms with Crippen molar-refractivity contribution < 1.29 is 9.59 Å². The van der Waals surface area contributed by atoms with Gasteiger partial charge < -0.3 is 20.4 Å². The minimum Gasteiger partial charge on any atom is -0.352 e. The molecule has 2 aliphatic heterocycles. The Morgan fingerprint density at radius 2 is 1.67 bits per heavy atom. The predicted octanol–water partition coefficient (Wildman–Crippen LogP) is 3.28. The second kappa shape index (κ2) is 11.9. The molecule has 0 atom stereocenters. The molecule has 1 aromatic carbocycles. The summed E-state index contributed by atoms with van der Waals surface area (Å²) in [6.45, 7) is 8.52. The lowest BCUT2D eigenvalue weighted by Gasteiger charge is -2.32. The number of rotatable bonds is 8. The van der Waals surface area contributed by atoms with Crippen molar-refractivity contribution in [3.05, 3.63) is 35.4 Å². The van der Waals surface area contributed by atoms with Crippen LogP contribution in [0, 0.1) is 5.92 Å². The van der Waals surface area contributed by atoms with Crippen LogP contribution >= 0.6 is 0 Å². The predicted molar refractivity (Wildman–Crippen MR) is 121 cm³/mol. The van der Waals surface area contributed by atoms with Crippen molar-refractivity contribution in [1.82, 2.24) is 20.4 Å². The van der Waals surface area contributed by atoms with E-state index in [9.17, 15) is 9.59 Å². The third kappa shape index (κ3) is 7.01. The monoisotopic (exact) mass is 414 g/mol. The van der Waals surface area contributed by atoms with Crippen molar-refractivity contribution in [3.8, 4) is 0 Å². The number of piperidine rings is 2. The second-order valence-electron chi connectivity index (χ2n) is 8.68. The average Bonchev–Trinajstić information content (AvgIpc) is 2.78. The Balaban J connectivity index is 1.35. The van der Waals surface area contributed by atoms with Gasteiger partial charge in [0.2, 0.25) is 0 Å². The van der Waals surface area contributed by atoms with Gasteiger partial charge in [0.25, 0.3) is 5.91 Å². The van der Waals surface area contributed by atoms with Crippen LogP contribution < -0.4 is 10.6 Å². The van der Waals surface area contributed by atoms with Gasteiger partial charge in [-0.25, -0.2) is 4.79 Å². The molecule has 0 bridgehead atoms. The summed E-state index contributed by atoms with van der Waals surface area (Å²) >= 11 is 0. The van der Waals surface area contributed by atoms with Crippen LogP contribution in [0.2, 0.25) is 0 Å². The highest BCUT2D eigenvalue weighted by Gasteiger charge is 2.22. The van der Waals surface area contributed by atoms with Crippen LogP contribution in [0.3, 0.4) is 0 Å². The molecular formula is C24H38N4O2. The van der Waals surface area contributed by atoms with E-state index in [-0.39, 0.29) is 11.9 Å². The summed E-state index contributed by atoms with van der Waals surface area (Å²) in [5, 5.41) is 5.93. The molecule has 2 saturated heterocycles. The second-order valence-corrected chi connectivity index (χ2v) is 8.68. The van der Waals surface area contributed by atoms with E-state index in [1.54, 1.807) is 0 Å². The molecule has 2 fully saturated rings. The lowest BCUT2D eigenvalue weighted by Crippen LogP contribution is -2.44. The fourth-order valence-corrected chi connectivity index (χ4v) is 4.52. The van der Waals surface area contributed by atoms with Gasteiger partial charge in [-0.05, 0) is 88.7 Å². The topological polar surface area (TPSA) is 64.7 Å². The Hall–Kier alpha value is -2.08. The molecule has 2 N–H and O–H groups in total. The highest BCUT2D eigenvalue weighted by Crippen LogP contribution is 2.22. The van der Waals surface area contributed by atoms with E-state index in [0.29, 0.717) is 12.5 Å². The first-order valence-corrected chi connectivity index (χ1v) is 11.8. The van der Waals surface area contributed by atoms with Crippen LogP contribution in [0.4, 0.5) is 4.79 Å². The molecule has 1 aromatic rings. The van der Waals surface area contributed by atoms with Gasteiger partial charge in [0.15, 0.2) is 0 Å². The summed E-state index contributed by atoms with van der Waals surface area (Å²) in [6, 6.07) is 8.11. The van der Waals surface area contributed by atoms with Gasteiger partial charge in [-0.15, -0.1) is 0 Å². The minimum atomic E-state index is 0.0236. The van der Waals surface area contributed by atoms with E-state index in [4.69, 9.17) is 0 Å². The van der Waals surface area contributed by atoms with Crippen LogP contribution in [0.25, 0.3) is 0 Å². The molecule has 6 heteroatoms. The third-order valence-corrected chi connectivity index (χ3v) is 6.36. The number of carbonyl (C=O) groups excluding carboxylic acids is 2. The highest BCUT2D eigenvalue weighted by molar-refractivity contribution is 5.94. The number of nitrogens with one attached hydrogen (secondary N) is 2. The van der Waals surface area contributed by atoms with E-state index >= 15 is 0 Å². The van der Waals surface area contributed by atoms with E-state index in [1.165, 1.54) is 37.9 Å². The first kappa shape index (κ1) is 22.6. The van der Waals surface area contributed by atoms with E-state index < -0.39 is 0 Å². The first-order chi connectivity index (χ1) is 14.7. The quantitative estimate of drug-likeness (QED) is 0.642. The fraction of sp³-hybridized carbons (Fsp3) is 0.667. The van der Waals surface area contributed by atoms with Gasteiger partial charge in [-0.3, -0.25) is 4.79 Å². The number of urea groups is 1. The van der Waals surface area contributed by atoms with Gasteiger partial charge >= 0.3 is 6.03 Å². The van der Waals surface area contributed by atoms with Gasteiger partial charge in [0, 0.05) is 31.7 Å². The molecule has 0 unspecified atom stereocenters. The number of amides is 3. The molecule has 30 heavy (non-hydrogen) atoms. The van der Waals surface area contributed by atoms with Gasteiger partial charge in [-0.2, -0.15) is 0 Å². The zero-order valence-electron chi connectivity index (χ0n) is 18.5. The minimum absolute atomic E-state index is 0.0236. The first-order valence-electron chi connectivity index (χ1n) is 11.8. The molecule has 2 heterocycles. The highest BCUT2D eigenvalue weighted by atomic mass is 16.2. The Morgan fingerprint density at radius 3 is 2.33 bits per heavy atom. The van der Waals surface area contributed by atoms with Crippen molar-refractivity contribution in [1.29, 1.82) is 0 Å². The summed E-state index contributed by atoms with van der Waals surface area (Å²) in [5.74, 6) is 0.626. The van der Waals surface area contributed by atoms with E-state index in [2.05, 4.69) is 27.7 Å². The molecule has 0 aliphatic carbocycles. The van der Waals surface area contributed by atoms with Crippen molar-refractivity contribution >= 4 is 11.9 Å². The average molecular weight is 415 g/mol. The van der Waals surface area contributed by atoms with Crippen molar-refractivity contribution in [2.45, 2.75) is 51.9 Å². The zero-order valence-corrected chi connectivity index (χ0v) is 18.5. The Morgan fingerprint density at radius 1 is 0.967 bits per heavy atom. The maximum absolute atomic E-state index is 12.4. The molecule has 2 aliphatic rings. The van der Waals surface area contributed by atoms with Crippen molar-refractivity contribution in [2.24, 2.45) is 5.92 Å². The lowest BCUT2D eigenvalue weighted by molar-refractivity contribution is 0.0951. The van der Waals surface area contributed by atoms with Crippen LogP contribution in [-0.4, -0.2) is 67.6 Å². The molecule has 3 rings (SSSR count). The van der Waals surface area contributed by atoms with Gasteiger partial charge in [0.05, 0.1) is 0 Å². The maximum atomic E-state index is 12.4. The smallest absolute Gasteiger partial charge is 0.317 e. The maximum Gasteiger partial charge on any atom is 0.317 e. The van der Waals surface area contributed by atoms with Crippen LogP contribution in [-0.2, 0) is 6.42 Å². The molecule has 0 saturated carbocycles. The molecule has 0 radical (unpaired) electrons. The SMILES string of the molecule is CCNC(=O)N1CCC(Cc2ccc(C(=O)NCCCN3CCCCC3)cc2)CC1. The van der Waals surface area contributed by atoms with Gasteiger partial charge in [-0.1, -0.05) is 18.6 Å². The number of carbonyl (C=O) groups is 2. The fourth-order valence-electron chi connectivity index (χ4n) is 4.52. The molecule has 166 valence electrons. The van der Waals surface area contributed by atoms with Crippen molar-refractivity contribution in [3.63, 3.8) is 0 Å². The Labute approximate surface area is 181 Å². The summed E-state index contributed by atoms with van der Waals surface area (Å²) in [5.41, 5.74) is 2.01. The van der Waals surface area contributed by atoms with Crippen LogP contribution in [0.15, 0.2) is 24.3 Å². The molecule has 6 nitrogen and oxygen atoms in total. The number of benzene rings is 1. The Kier molecular flexibility index (Phi) is 9.00. The van der Waals surface area contributed by atoms with E-state index in [0.717, 1.165) is 57.4 Å². The molecule has 3 amide bonds. The van der Waals surface area contributed by atoms with Gasteiger partial charge in [0.1, 0.15) is 0 Å². The summed E-state index contributed by atoms with van der Waals surface area (Å²) in [7, 11) is 0. The van der Waals surface area contributed by atoms with Crippen molar-refractivity contribution in [2.75, 3.05) is 45.8 Å². The number of likely N-dealkylation sites (tertiary alicyclic amines) is 2. The van der Waals surface area contributed by atoms with E-state index in [1.807, 2.05) is 24.0 Å². The molecule has 0 spiro atoms. The van der Waals surface area contributed by atoms with Crippen LogP contribution in [0.1, 0.15) is 61.4 Å². The summed E-state index contributed by atoms with van der Waals surface area (Å²) in [6.07, 6.45) is 8.09.